The highest BCUT2D eigenvalue weighted by Crippen LogP contribution is 2.14. The van der Waals surface area contributed by atoms with Crippen molar-refractivity contribution in [3.63, 3.8) is 0 Å². The van der Waals surface area contributed by atoms with Gasteiger partial charge in [0.1, 0.15) is 5.82 Å². The number of amides is 1. The number of nitrogens with one attached hydrogen (secondary N) is 1. The Balaban J connectivity index is 2.12. The Bertz CT molecular complexity index is 593. The molecule has 1 aromatic heterocycles. The Hall–Kier alpha value is -2.40. The van der Waals surface area contributed by atoms with Gasteiger partial charge in [-0.1, -0.05) is 12.1 Å². The number of hydrogen-bond acceptors (Lipinski definition) is 4. The monoisotopic (exact) mass is 270 g/mol. The van der Waals surface area contributed by atoms with Crippen molar-refractivity contribution in [1.82, 2.24) is 4.98 Å². The summed E-state index contributed by atoms with van der Waals surface area (Å²) in [4.78, 5) is 18.2. The molecule has 1 heterocycles. The van der Waals surface area contributed by atoms with Gasteiger partial charge in [0, 0.05) is 38.1 Å². The number of rotatable bonds is 4. The van der Waals surface area contributed by atoms with Crippen LogP contribution in [0.15, 0.2) is 42.6 Å². The molecule has 1 amide bonds. The molecule has 0 aliphatic heterocycles. The van der Waals surface area contributed by atoms with Crippen molar-refractivity contribution in [2.24, 2.45) is 5.73 Å². The molecule has 0 aliphatic rings. The molecule has 20 heavy (non-hydrogen) atoms. The van der Waals surface area contributed by atoms with Crippen molar-refractivity contribution in [3.8, 4) is 0 Å². The van der Waals surface area contributed by atoms with Gasteiger partial charge < -0.3 is 16.0 Å². The summed E-state index contributed by atoms with van der Waals surface area (Å²) in [5.41, 5.74) is 8.01. The average molecular weight is 270 g/mol. The van der Waals surface area contributed by atoms with E-state index < -0.39 is 0 Å². The summed E-state index contributed by atoms with van der Waals surface area (Å²) in [7, 11) is 3.87. The van der Waals surface area contributed by atoms with Crippen LogP contribution >= 0.6 is 0 Å². The molecule has 0 spiro atoms. The second-order valence-electron chi connectivity index (χ2n) is 4.65. The first-order chi connectivity index (χ1) is 9.60. The van der Waals surface area contributed by atoms with E-state index in [9.17, 15) is 4.79 Å². The molecule has 3 N–H and O–H groups in total. The van der Waals surface area contributed by atoms with Gasteiger partial charge in [-0.3, -0.25) is 4.79 Å². The van der Waals surface area contributed by atoms with Gasteiger partial charge >= 0.3 is 0 Å². The molecule has 0 bridgehead atoms. The number of benzene rings is 1. The fourth-order valence-corrected chi connectivity index (χ4v) is 1.73. The van der Waals surface area contributed by atoms with Crippen LogP contribution in [0.1, 0.15) is 15.9 Å². The summed E-state index contributed by atoms with van der Waals surface area (Å²) < 4.78 is 0. The number of aromatic nitrogens is 1. The summed E-state index contributed by atoms with van der Waals surface area (Å²) in [6, 6.07) is 11.0. The first-order valence-electron chi connectivity index (χ1n) is 6.34. The average Bonchev–Trinajstić information content (AvgIpc) is 2.48. The lowest BCUT2D eigenvalue weighted by atomic mass is 10.2. The molecule has 0 saturated carbocycles. The van der Waals surface area contributed by atoms with E-state index in [1.165, 1.54) is 0 Å². The largest absolute Gasteiger partial charge is 0.378 e. The zero-order chi connectivity index (χ0) is 14.5. The van der Waals surface area contributed by atoms with Crippen LogP contribution < -0.4 is 16.0 Å². The quantitative estimate of drug-likeness (QED) is 0.889. The summed E-state index contributed by atoms with van der Waals surface area (Å²) >= 11 is 0. The molecule has 0 saturated heterocycles. The van der Waals surface area contributed by atoms with Crippen LogP contribution in [-0.2, 0) is 6.54 Å². The van der Waals surface area contributed by atoms with E-state index in [1.807, 2.05) is 43.3 Å². The van der Waals surface area contributed by atoms with Gasteiger partial charge in [-0.2, -0.15) is 0 Å². The van der Waals surface area contributed by atoms with Crippen LogP contribution in [-0.4, -0.2) is 25.0 Å². The third-order valence-electron chi connectivity index (χ3n) is 2.93. The summed E-state index contributed by atoms with van der Waals surface area (Å²) in [6.07, 6.45) is 1.66. The van der Waals surface area contributed by atoms with E-state index in [4.69, 9.17) is 5.73 Å². The molecule has 2 aromatic rings. The molecule has 1 aromatic carbocycles. The molecule has 0 unspecified atom stereocenters. The maximum absolute atomic E-state index is 12.1. The van der Waals surface area contributed by atoms with Gasteiger partial charge in [-0.25, -0.2) is 4.98 Å². The zero-order valence-corrected chi connectivity index (χ0v) is 11.6. The van der Waals surface area contributed by atoms with Gasteiger partial charge in [0.25, 0.3) is 5.91 Å². The molecule has 0 radical (unpaired) electrons. The molecule has 0 aliphatic carbocycles. The molecule has 5 nitrogen and oxygen atoms in total. The lowest BCUT2D eigenvalue weighted by molar-refractivity contribution is 0.102. The molecular weight excluding hydrogens is 252 g/mol. The second-order valence-corrected chi connectivity index (χ2v) is 4.65. The lowest BCUT2D eigenvalue weighted by Crippen LogP contribution is -2.15. The van der Waals surface area contributed by atoms with Crippen molar-refractivity contribution < 1.29 is 4.79 Å². The summed E-state index contributed by atoms with van der Waals surface area (Å²) in [6.45, 7) is 0.437. The van der Waals surface area contributed by atoms with Crippen molar-refractivity contribution in [1.29, 1.82) is 0 Å². The van der Waals surface area contributed by atoms with E-state index in [-0.39, 0.29) is 5.91 Å². The Morgan fingerprint density at radius 1 is 1.30 bits per heavy atom. The van der Waals surface area contributed by atoms with Crippen molar-refractivity contribution in [3.05, 3.63) is 53.7 Å². The highest BCUT2D eigenvalue weighted by molar-refractivity contribution is 6.04. The maximum Gasteiger partial charge on any atom is 0.256 e. The number of hydrogen-bond donors (Lipinski definition) is 2. The van der Waals surface area contributed by atoms with Gasteiger partial charge in [-0.15, -0.1) is 0 Å². The highest BCUT2D eigenvalue weighted by atomic mass is 16.1. The zero-order valence-electron chi connectivity index (χ0n) is 11.6. The Morgan fingerprint density at radius 3 is 2.70 bits per heavy atom. The third-order valence-corrected chi connectivity index (χ3v) is 2.93. The molecule has 104 valence electrons. The number of carbonyl (C=O) groups excluding carboxylic acids is 1. The molecule has 5 heteroatoms. The van der Waals surface area contributed by atoms with E-state index >= 15 is 0 Å². The minimum Gasteiger partial charge on any atom is -0.378 e. The number of nitrogens with zero attached hydrogens (tertiary/aromatic N) is 2. The molecule has 0 fully saturated rings. The maximum atomic E-state index is 12.1. The van der Waals surface area contributed by atoms with E-state index in [0.717, 1.165) is 11.3 Å². The normalized spacial score (nSPS) is 10.2. The van der Waals surface area contributed by atoms with Crippen molar-refractivity contribution >= 4 is 17.4 Å². The standard InChI is InChI=1S/C15H18N4O/c1-19(2)13-5-3-4-12(8-13)15(20)18-14-7-6-11(9-16)10-17-14/h3-8,10H,9,16H2,1-2H3,(H,17,18,20). The molecule has 0 atom stereocenters. The number of nitrogens with two attached hydrogens (primary N) is 1. The van der Waals surface area contributed by atoms with Gasteiger partial charge in [0.15, 0.2) is 0 Å². The first kappa shape index (κ1) is 14.0. The predicted molar refractivity (Wildman–Crippen MR) is 80.9 cm³/mol. The van der Waals surface area contributed by atoms with Gasteiger partial charge in [0.2, 0.25) is 0 Å². The topological polar surface area (TPSA) is 71.2 Å². The molecule has 2 rings (SSSR count). The lowest BCUT2D eigenvalue weighted by Gasteiger charge is -2.13. The SMILES string of the molecule is CN(C)c1cccc(C(=O)Nc2ccc(CN)cn2)c1. The number of anilines is 2. The summed E-state index contributed by atoms with van der Waals surface area (Å²) in [5, 5.41) is 2.77. The van der Waals surface area contributed by atoms with Gasteiger partial charge in [0.05, 0.1) is 0 Å². The van der Waals surface area contributed by atoms with Crippen LogP contribution in [0, 0.1) is 0 Å². The number of carbonyl (C=O) groups is 1. The van der Waals surface area contributed by atoms with Crippen LogP contribution in [0.2, 0.25) is 0 Å². The minimum absolute atomic E-state index is 0.179. The minimum atomic E-state index is -0.179. The fourth-order valence-electron chi connectivity index (χ4n) is 1.73. The Morgan fingerprint density at radius 2 is 2.10 bits per heavy atom. The van der Waals surface area contributed by atoms with Crippen molar-refractivity contribution in [2.75, 3.05) is 24.3 Å². The van der Waals surface area contributed by atoms with Crippen LogP contribution in [0.25, 0.3) is 0 Å². The van der Waals surface area contributed by atoms with E-state index in [0.29, 0.717) is 17.9 Å². The smallest absolute Gasteiger partial charge is 0.256 e. The number of pyridine rings is 1. The molecular formula is C15H18N4O. The highest BCUT2D eigenvalue weighted by Gasteiger charge is 2.08. The first-order valence-corrected chi connectivity index (χ1v) is 6.34. The summed E-state index contributed by atoms with van der Waals surface area (Å²) in [5.74, 6) is 0.337. The van der Waals surface area contributed by atoms with E-state index in [1.54, 1.807) is 18.3 Å². The van der Waals surface area contributed by atoms with Crippen molar-refractivity contribution in [2.45, 2.75) is 6.54 Å². The fraction of sp³-hybridized carbons (Fsp3) is 0.200. The predicted octanol–water partition coefficient (Wildman–Crippen LogP) is 1.86. The van der Waals surface area contributed by atoms with Crippen LogP contribution in [0.4, 0.5) is 11.5 Å². The third kappa shape index (κ3) is 3.33. The van der Waals surface area contributed by atoms with Gasteiger partial charge in [-0.05, 0) is 29.8 Å². The van der Waals surface area contributed by atoms with E-state index in [2.05, 4.69) is 10.3 Å². The van der Waals surface area contributed by atoms with Crippen LogP contribution in [0.5, 0.6) is 0 Å². The Labute approximate surface area is 118 Å². The Kier molecular flexibility index (Phi) is 4.32. The van der Waals surface area contributed by atoms with Crippen LogP contribution in [0.3, 0.4) is 0 Å². The second kappa shape index (κ2) is 6.16.